The first-order valence-electron chi connectivity index (χ1n) is 6.90. The highest BCUT2D eigenvalue weighted by molar-refractivity contribution is 6.16. The van der Waals surface area contributed by atoms with E-state index in [0.29, 0.717) is 11.7 Å². The Morgan fingerprint density at radius 3 is 2.45 bits per heavy atom. The quantitative estimate of drug-likeness (QED) is 0.797. The van der Waals surface area contributed by atoms with Crippen LogP contribution < -0.4 is 0 Å². The molecule has 106 valence electrons. The van der Waals surface area contributed by atoms with Gasteiger partial charge in [-0.2, -0.15) is 4.98 Å². The molecule has 0 unspecified atom stereocenters. The summed E-state index contributed by atoms with van der Waals surface area (Å²) in [6, 6.07) is 6.65. The van der Waals surface area contributed by atoms with E-state index in [2.05, 4.69) is 10.1 Å². The van der Waals surface area contributed by atoms with Crippen LogP contribution >= 0.6 is 11.6 Å². The zero-order valence-corrected chi connectivity index (χ0v) is 11.9. The fraction of sp³-hybridized carbons (Fsp3) is 0.467. The van der Waals surface area contributed by atoms with Crippen molar-refractivity contribution in [1.82, 2.24) is 10.1 Å². The zero-order chi connectivity index (χ0) is 14.0. The summed E-state index contributed by atoms with van der Waals surface area (Å²) in [6.45, 7) is 0. The summed E-state index contributed by atoms with van der Waals surface area (Å²) >= 11 is 5.75. The molecule has 1 heterocycles. The largest absolute Gasteiger partial charge is 0.338 e. The molecule has 0 aliphatic heterocycles. The van der Waals surface area contributed by atoms with Crippen molar-refractivity contribution in [2.75, 3.05) is 0 Å². The van der Waals surface area contributed by atoms with E-state index >= 15 is 0 Å². The molecule has 1 saturated carbocycles. The van der Waals surface area contributed by atoms with Gasteiger partial charge < -0.3 is 4.52 Å². The van der Waals surface area contributed by atoms with E-state index < -0.39 is 0 Å². The van der Waals surface area contributed by atoms with Crippen LogP contribution in [0, 0.1) is 5.82 Å². The molecule has 0 bridgehead atoms. The Kier molecular flexibility index (Phi) is 3.74. The Morgan fingerprint density at radius 2 is 1.85 bits per heavy atom. The van der Waals surface area contributed by atoms with Crippen molar-refractivity contribution in [3.63, 3.8) is 0 Å². The number of hydrogen-bond acceptors (Lipinski definition) is 3. The summed E-state index contributed by atoms with van der Waals surface area (Å²) < 4.78 is 18.3. The predicted octanol–water partition coefficient (Wildman–Crippen LogP) is 4.20. The van der Waals surface area contributed by atoms with Gasteiger partial charge in [0, 0.05) is 0 Å². The molecular formula is C15H16ClFN2O. The highest BCUT2D eigenvalue weighted by atomic mass is 35.5. The van der Waals surface area contributed by atoms with Gasteiger partial charge in [-0.1, -0.05) is 36.6 Å². The number of nitrogens with zero attached hydrogens (tertiary/aromatic N) is 2. The Balaban J connectivity index is 2.05. The summed E-state index contributed by atoms with van der Waals surface area (Å²) in [5, 5.41) is 4.12. The molecule has 3 rings (SSSR count). The standard InChI is InChI=1S/C15H16ClFN2O/c16-10-13-18-14(19-20-13)15(8-2-1-3-9-15)11-4-6-12(17)7-5-11/h4-7H,1-3,8-10H2. The molecule has 3 nitrogen and oxygen atoms in total. The van der Waals surface area contributed by atoms with Crippen LogP contribution in [0.5, 0.6) is 0 Å². The van der Waals surface area contributed by atoms with Crippen LogP contribution in [0.25, 0.3) is 0 Å². The highest BCUT2D eigenvalue weighted by Gasteiger charge is 2.40. The van der Waals surface area contributed by atoms with Crippen molar-refractivity contribution in [3.05, 3.63) is 47.4 Å². The summed E-state index contributed by atoms with van der Waals surface area (Å²) in [4.78, 5) is 4.42. The first-order valence-corrected chi connectivity index (χ1v) is 7.43. The normalized spacial score (nSPS) is 18.1. The fourth-order valence-corrected chi connectivity index (χ4v) is 3.18. The van der Waals surface area contributed by atoms with E-state index in [1.54, 1.807) is 0 Å². The molecule has 0 amide bonds. The van der Waals surface area contributed by atoms with Crippen molar-refractivity contribution >= 4 is 11.6 Å². The van der Waals surface area contributed by atoms with Gasteiger partial charge in [-0.05, 0) is 30.5 Å². The Morgan fingerprint density at radius 1 is 1.15 bits per heavy atom. The molecule has 0 atom stereocenters. The smallest absolute Gasteiger partial charge is 0.241 e. The van der Waals surface area contributed by atoms with Crippen molar-refractivity contribution in [1.29, 1.82) is 0 Å². The number of alkyl halides is 1. The molecule has 1 fully saturated rings. The van der Waals surface area contributed by atoms with E-state index in [0.717, 1.165) is 31.2 Å². The van der Waals surface area contributed by atoms with Crippen LogP contribution in [-0.4, -0.2) is 10.1 Å². The molecule has 0 spiro atoms. The third-order valence-electron chi connectivity index (χ3n) is 4.11. The summed E-state index contributed by atoms with van der Waals surface area (Å²) in [7, 11) is 0. The van der Waals surface area contributed by atoms with Gasteiger partial charge in [0.2, 0.25) is 5.89 Å². The predicted molar refractivity (Wildman–Crippen MR) is 74.1 cm³/mol. The minimum absolute atomic E-state index is 0.215. The summed E-state index contributed by atoms with van der Waals surface area (Å²) in [5.74, 6) is 1.11. The van der Waals surface area contributed by atoms with Crippen molar-refractivity contribution < 1.29 is 8.91 Å². The summed E-state index contributed by atoms with van der Waals surface area (Å²) in [6.07, 6.45) is 5.35. The van der Waals surface area contributed by atoms with Gasteiger partial charge >= 0.3 is 0 Å². The van der Waals surface area contributed by atoms with Crippen LogP contribution in [0.4, 0.5) is 4.39 Å². The van der Waals surface area contributed by atoms with Gasteiger partial charge in [0.05, 0.1) is 5.41 Å². The number of aromatic nitrogens is 2. The number of hydrogen-bond donors (Lipinski definition) is 0. The zero-order valence-electron chi connectivity index (χ0n) is 11.1. The molecule has 0 N–H and O–H groups in total. The van der Waals surface area contributed by atoms with Crippen LogP contribution in [-0.2, 0) is 11.3 Å². The van der Waals surface area contributed by atoms with Crippen LogP contribution in [0.2, 0.25) is 0 Å². The van der Waals surface area contributed by atoms with Gasteiger partial charge in [0.15, 0.2) is 5.82 Å². The lowest BCUT2D eigenvalue weighted by Gasteiger charge is -2.35. The van der Waals surface area contributed by atoms with E-state index in [1.807, 2.05) is 12.1 Å². The van der Waals surface area contributed by atoms with E-state index in [1.165, 1.54) is 18.6 Å². The second-order valence-electron chi connectivity index (χ2n) is 5.30. The third kappa shape index (κ3) is 2.33. The Hall–Kier alpha value is -1.42. The van der Waals surface area contributed by atoms with Gasteiger partial charge in [-0.15, -0.1) is 11.6 Å². The number of benzene rings is 1. The molecule has 1 aliphatic carbocycles. The number of halogens is 2. The Labute approximate surface area is 122 Å². The van der Waals surface area contributed by atoms with Crippen molar-refractivity contribution in [3.8, 4) is 0 Å². The average Bonchev–Trinajstić information content (AvgIpc) is 2.98. The lowest BCUT2D eigenvalue weighted by Crippen LogP contribution is -2.31. The molecule has 5 heteroatoms. The molecule has 0 saturated heterocycles. The molecule has 0 radical (unpaired) electrons. The second kappa shape index (κ2) is 5.52. The first kappa shape index (κ1) is 13.6. The maximum atomic E-state index is 13.2. The van der Waals surface area contributed by atoms with Crippen LogP contribution in [0.3, 0.4) is 0 Å². The third-order valence-corrected chi connectivity index (χ3v) is 4.34. The molecule has 1 aromatic carbocycles. The maximum Gasteiger partial charge on any atom is 0.241 e. The monoisotopic (exact) mass is 294 g/mol. The first-order chi connectivity index (χ1) is 9.74. The lowest BCUT2D eigenvalue weighted by molar-refractivity contribution is 0.310. The van der Waals surface area contributed by atoms with Gasteiger partial charge in [0.1, 0.15) is 11.7 Å². The molecule has 2 aromatic rings. The highest BCUT2D eigenvalue weighted by Crippen LogP contribution is 2.43. The SMILES string of the molecule is Fc1ccc(C2(c3noc(CCl)n3)CCCCC2)cc1. The maximum absolute atomic E-state index is 13.2. The molecule has 1 aliphatic rings. The van der Waals surface area contributed by atoms with Gasteiger partial charge in [-0.3, -0.25) is 0 Å². The fourth-order valence-electron chi connectivity index (χ4n) is 3.07. The molecule has 1 aromatic heterocycles. The van der Waals surface area contributed by atoms with E-state index in [-0.39, 0.29) is 17.1 Å². The second-order valence-corrected chi connectivity index (χ2v) is 5.56. The molecule has 20 heavy (non-hydrogen) atoms. The van der Waals surface area contributed by atoms with E-state index in [9.17, 15) is 4.39 Å². The van der Waals surface area contributed by atoms with Crippen LogP contribution in [0.1, 0.15) is 49.4 Å². The average molecular weight is 295 g/mol. The van der Waals surface area contributed by atoms with E-state index in [4.69, 9.17) is 16.1 Å². The number of rotatable bonds is 3. The van der Waals surface area contributed by atoms with Crippen LogP contribution in [0.15, 0.2) is 28.8 Å². The molecular weight excluding hydrogens is 279 g/mol. The topological polar surface area (TPSA) is 38.9 Å². The minimum Gasteiger partial charge on any atom is -0.338 e. The Bertz CT molecular complexity index is 576. The lowest BCUT2D eigenvalue weighted by atomic mass is 9.69. The minimum atomic E-state index is -0.264. The van der Waals surface area contributed by atoms with Gasteiger partial charge in [-0.25, -0.2) is 4.39 Å². The van der Waals surface area contributed by atoms with Crippen molar-refractivity contribution in [2.45, 2.75) is 43.4 Å². The summed E-state index contributed by atoms with van der Waals surface area (Å²) in [5.41, 5.74) is 0.792. The van der Waals surface area contributed by atoms with Crippen molar-refractivity contribution in [2.24, 2.45) is 0 Å². The van der Waals surface area contributed by atoms with Gasteiger partial charge in [0.25, 0.3) is 0 Å².